The van der Waals surface area contributed by atoms with E-state index in [0.717, 1.165) is 48.5 Å². The van der Waals surface area contributed by atoms with Gasteiger partial charge in [-0.1, -0.05) is 18.2 Å². The van der Waals surface area contributed by atoms with Gasteiger partial charge in [-0.05, 0) is 44.5 Å². The molecule has 0 spiro atoms. The minimum absolute atomic E-state index is 0.0616. The number of nitrogens with zero attached hydrogens (tertiary/aromatic N) is 5. The van der Waals surface area contributed by atoms with Crippen molar-refractivity contribution in [3.63, 3.8) is 0 Å². The number of ether oxygens (including phenoxy) is 1. The maximum atomic E-state index is 12.4. The molecule has 4 rings (SSSR count). The molecule has 1 atom stereocenters. The van der Waals surface area contributed by atoms with Crippen LogP contribution in [0.2, 0.25) is 0 Å². The number of nitrogens with one attached hydrogen (secondary N) is 1. The van der Waals surface area contributed by atoms with Crippen molar-refractivity contribution < 1.29 is 9.53 Å². The summed E-state index contributed by atoms with van der Waals surface area (Å²) in [6.07, 6.45) is 0. The van der Waals surface area contributed by atoms with E-state index in [-0.39, 0.29) is 18.6 Å². The molecule has 0 bridgehead atoms. The Bertz CT molecular complexity index is 1070. The van der Waals surface area contributed by atoms with E-state index in [0.29, 0.717) is 12.4 Å². The van der Waals surface area contributed by atoms with Gasteiger partial charge < -0.3 is 15.0 Å². The Morgan fingerprint density at radius 1 is 1.16 bits per heavy atom. The van der Waals surface area contributed by atoms with Crippen molar-refractivity contribution in [1.82, 2.24) is 25.0 Å². The van der Waals surface area contributed by atoms with Crippen LogP contribution >= 0.6 is 0 Å². The zero-order valence-corrected chi connectivity index (χ0v) is 19.3. The van der Waals surface area contributed by atoms with E-state index in [9.17, 15) is 4.79 Å². The number of fused-ring (bicyclic) bond motifs is 1. The molecule has 1 saturated heterocycles. The van der Waals surface area contributed by atoms with Crippen molar-refractivity contribution in [3.05, 3.63) is 47.7 Å². The highest BCUT2D eigenvalue weighted by molar-refractivity contribution is 5.85. The molecular weight excluding hydrogens is 404 g/mol. The molecule has 3 aromatic rings. The quantitative estimate of drug-likeness (QED) is 0.613. The first-order chi connectivity index (χ1) is 15.4. The zero-order chi connectivity index (χ0) is 22.7. The summed E-state index contributed by atoms with van der Waals surface area (Å²) in [5.41, 5.74) is 4.01. The van der Waals surface area contributed by atoms with E-state index in [1.165, 1.54) is 5.69 Å². The molecule has 8 nitrogen and oxygen atoms in total. The lowest BCUT2D eigenvalue weighted by atomic mass is 10.2. The fourth-order valence-electron chi connectivity index (χ4n) is 4.29. The van der Waals surface area contributed by atoms with Crippen molar-refractivity contribution in [1.29, 1.82) is 0 Å². The maximum Gasteiger partial charge on any atom is 0.258 e. The molecule has 8 heteroatoms. The van der Waals surface area contributed by atoms with Crippen LogP contribution in [0.15, 0.2) is 36.4 Å². The van der Waals surface area contributed by atoms with Gasteiger partial charge in [0.05, 0.1) is 5.39 Å². The predicted octanol–water partition coefficient (Wildman–Crippen LogP) is 2.29. The lowest BCUT2D eigenvalue weighted by Crippen LogP contribution is -2.52. The summed E-state index contributed by atoms with van der Waals surface area (Å²) in [4.78, 5) is 21.8. The normalized spacial score (nSPS) is 15.7. The van der Waals surface area contributed by atoms with Crippen LogP contribution in [0.5, 0.6) is 5.88 Å². The Balaban J connectivity index is 1.25. The molecule has 1 unspecified atom stereocenters. The molecule has 3 heterocycles. The van der Waals surface area contributed by atoms with Crippen LogP contribution in [0.25, 0.3) is 11.0 Å². The minimum Gasteiger partial charge on any atom is -0.466 e. The Hall–Kier alpha value is -3.13. The maximum absolute atomic E-state index is 12.4. The summed E-state index contributed by atoms with van der Waals surface area (Å²) >= 11 is 0. The van der Waals surface area contributed by atoms with Gasteiger partial charge in [0, 0.05) is 57.2 Å². The molecule has 1 aromatic carbocycles. The number of benzene rings is 1. The van der Waals surface area contributed by atoms with Crippen molar-refractivity contribution >= 4 is 22.6 Å². The first-order valence-electron chi connectivity index (χ1n) is 11.2. The van der Waals surface area contributed by atoms with Gasteiger partial charge in [-0.2, -0.15) is 0 Å². The average Bonchev–Trinajstić information content (AvgIpc) is 3.12. The Kier molecular flexibility index (Phi) is 6.60. The second kappa shape index (κ2) is 9.56. The molecular formula is C24H32N6O2. The molecule has 1 fully saturated rings. The van der Waals surface area contributed by atoms with Crippen LogP contribution in [0.4, 0.5) is 5.69 Å². The molecule has 1 N–H and O–H groups in total. The van der Waals surface area contributed by atoms with Crippen LogP contribution in [0.1, 0.15) is 18.2 Å². The first-order valence-corrected chi connectivity index (χ1v) is 11.2. The van der Waals surface area contributed by atoms with Gasteiger partial charge in [0.15, 0.2) is 12.3 Å². The van der Waals surface area contributed by atoms with Gasteiger partial charge in [-0.3, -0.25) is 9.69 Å². The molecule has 1 amide bonds. The number of pyridine rings is 1. The SMILES string of the molecule is Cc1cc(C)c2c(OCC(=O)NCC(C)N3CCN(c4ccccc4)CC3)nn(C)c2n1. The Labute approximate surface area is 189 Å². The van der Waals surface area contributed by atoms with Gasteiger partial charge in [0.2, 0.25) is 5.88 Å². The summed E-state index contributed by atoms with van der Waals surface area (Å²) in [6, 6.07) is 12.8. The van der Waals surface area contributed by atoms with E-state index in [2.05, 4.69) is 56.4 Å². The number of aromatic nitrogens is 3. The highest BCUT2D eigenvalue weighted by atomic mass is 16.5. The molecule has 170 valence electrons. The number of piperazine rings is 1. The third-order valence-electron chi connectivity index (χ3n) is 6.08. The molecule has 32 heavy (non-hydrogen) atoms. The third-order valence-corrected chi connectivity index (χ3v) is 6.08. The van der Waals surface area contributed by atoms with Crippen LogP contribution < -0.4 is 15.0 Å². The van der Waals surface area contributed by atoms with E-state index in [1.54, 1.807) is 4.68 Å². The summed E-state index contributed by atoms with van der Waals surface area (Å²) < 4.78 is 7.45. The molecule has 0 saturated carbocycles. The van der Waals surface area contributed by atoms with Crippen molar-refractivity contribution in [3.8, 4) is 5.88 Å². The number of carbonyl (C=O) groups excluding carboxylic acids is 1. The van der Waals surface area contributed by atoms with Crippen molar-refractivity contribution in [2.45, 2.75) is 26.8 Å². The number of aryl methyl sites for hydroxylation is 3. The van der Waals surface area contributed by atoms with Crippen LogP contribution in [0.3, 0.4) is 0 Å². The van der Waals surface area contributed by atoms with Gasteiger partial charge in [0.1, 0.15) is 0 Å². The highest BCUT2D eigenvalue weighted by Gasteiger charge is 2.22. The Morgan fingerprint density at radius 2 is 1.88 bits per heavy atom. The molecule has 1 aliphatic heterocycles. The van der Waals surface area contributed by atoms with Crippen molar-refractivity contribution in [2.24, 2.45) is 7.05 Å². The van der Waals surface area contributed by atoms with Gasteiger partial charge in [0.25, 0.3) is 5.91 Å². The smallest absolute Gasteiger partial charge is 0.258 e. The predicted molar refractivity (Wildman–Crippen MR) is 126 cm³/mol. The fraction of sp³-hybridized carbons (Fsp3) is 0.458. The number of hydrogen-bond donors (Lipinski definition) is 1. The summed E-state index contributed by atoms with van der Waals surface area (Å²) in [7, 11) is 1.83. The number of anilines is 1. The van der Waals surface area contributed by atoms with Crippen LogP contribution in [-0.4, -0.2) is 70.9 Å². The van der Waals surface area contributed by atoms with E-state index in [4.69, 9.17) is 4.74 Å². The number of rotatable bonds is 7. The largest absolute Gasteiger partial charge is 0.466 e. The Morgan fingerprint density at radius 3 is 2.59 bits per heavy atom. The highest BCUT2D eigenvalue weighted by Crippen LogP contribution is 2.27. The van der Waals surface area contributed by atoms with E-state index in [1.807, 2.05) is 33.0 Å². The van der Waals surface area contributed by atoms with Gasteiger partial charge >= 0.3 is 0 Å². The standard InChI is InChI=1S/C24H32N6O2/c1-17-14-18(2)26-23-22(17)24(27-28(23)4)32-16-21(31)25-15-19(3)29-10-12-30(13-11-29)20-8-6-5-7-9-20/h5-9,14,19H,10-13,15-16H2,1-4H3,(H,25,31). The number of hydrogen-bond acceptors (Lipinski definition) is 6. The third kappa shape index (κ3) is 4.85. The second-order valence-corrected chi connectivity index (χ2v) is 8.51. The van der Waals surface area contributed by atoms with Crippen LogP contribution in [-0.2, 0) is 11.8 Å². The van der Waals surface area contributed by atoms with Crippen molar-refractivity contribution in [2.75, 3.05) is 44.2 Å². The number of para-hydroxylation sites is 1. The zero-order valence-electron chi connectivity index (χ0n) is 19.3. The molecule has 2 aromatic heterocycles. The fourth-order valence-corrected chi connectivity index (χ4v) is 4.29. The second-order valence-electron chi connectivity index (χ2n) is 8.51. The number of amides is 1. The summed E-state index contributed by atoms with van der Waals surface area (Å²) in [5, 5.41) is 8.26. The number of carbonyl (C=O) groups is 1. The topological polar surface area (TPSA) is 75.5 Å². The lowest BCUT2D eigenvalue weighted by Gasteiger charge is -2.39. The average molecular weight is 437 g/mol. The summed E-state index contributed by atoms with van der Waals surface area (Å²) in [5.74, 6) is 0.309. The first kappa shape index (κ1) is 22.1. The van der Waals surface area contributed by atoms with Gasteiger partial charge in [-0.15, -0.1) is 5.10 Å². The molecule has 1 aliphatic rings. The minimum atomic E-state index is -0.142. The van der Waals surface area contributed by atoms with Gasteiger partial charge in [-0.25, -0.2) is 9.67 Å². The van der Waals surface area contributed by atoms with Crippen LogP contribution in [0, 0.1) is 13.8 Å². The van der Waals surface area contributed by atoms with E-state index >= 15 is 0 Å². The monoisotopic (exact) mass is 436 g/mol. The lowest BCUT2D eigenvalue weighted by molar-refractivity contribution is -0.123. The van der Waals surface area contributed by atoms with E-state index < -0.39 is 0 Å². The molecule has 0 radical (unpaired) electrons. The summed E-state index contributed by atoms with van der Waals surface area (Å²) in [6.45, 7) is 10.6. The molecule has 0 aliphatic carbocycles.